The van der Waals surface area contributed by atoms with Crippen molar-refractivity contribution in [2.75, 3.05) is 11.6 Å². The molecule has 98 valence electrons. The van der Waals surface area contributed by atoms with Gasteiger partial charge >= 0.3 is 0 Å². The molecule has 0 bridgehead atoms. The Balaban J connectivity index is 2.20. The van der Waals surface area contributed by atoms with Gasteiger partial charge in [-0.1, -0.05) is 19.1 Å². The average Bonchev–Trinajstić information content (AvgIpc) is 2.47. The van der Waals surface area contributed by atoms with Crippen LogP contribution in [0.2, 0.25) is 0 Å². The second kappa shape index (κ2) is 6.38. The number of pyridine rings is 1. The zero-order valence-corrected chi connectivity index (χ0v) is 11.8. The summed E-state index contributed by atoms with van der Waals surface area (Å²) in [5.41, 5.74) is 2.63. The summed E-state index contributed by atoms with van der Waals surface area (Å²) in [6, 6.07) is 11.5. The highest BCUT2D eigenvalue weighted by Gasteiger charge is 2.11. The van der Waals surface area contributed by atoms with Crippen molar-refractivity contribution in [2.45, 2.75) is 18.4 Å². The minimum absolute atomic E-state index is 0.120. The Kier molecular flexibility index (Phi) is 4.58. The highest BCUT2D eigenvalue weighted by molar-refractivity contribution is 7.98. The van der Waals surface area contributed by atoms with Crippen molar-refractivity contribution < 1.29 is 4.79 Å². The number of thioether (sulfide) groups is 1. The number of amides is 1. The van der Waals surface area contributed by atoms with Crippen LogP contribution in [-0.4, -0.2) is 17.1 Å². The molecule has 0 atom stereocenters. The van der Waals surface area contributed by atoms with Crippen LogP contribution in [0, 0.1) is 0 Å². The third-order valence-electron chi connectivity index (χ3n) is 2.80. The Labute approximate surface area is 117 Å². The van der Waals surface area contributed by atoms with Crippen LogP contribution in [0.4, 0.5) is 5.69 Å². The van der Waals surface area contributed by atoms with Crippen LogP contribution in [0.3, 0.4) is 0 Å². The number of hydrogen-bond donors (Lipinski definition) is 1. The number of carbonyl (C=O) groups is 1. The number of carbonyl (C=O) groups excluding carboxylic acids is 1. The molecule has 4 heteroatoms. The van der Waals surface area contributed by atoms with Crippen LogP contribution in [0.5, 0.6) is 0 Å². The molecule has 0 aliphatic heterocycles. The van der Waals surface area contributed by atoms with Crippen molar-refractivity contribution in [1.82, 2.24) is 4.98 Å². The van der Waals surface area contributed by atoms with E-state index in [0.717, 1.165) is 17.1 Å². The second-order valence-electron chi connectivity index (χ2n) is 4.07. The fraction of sp³-hybridized carbons (Fsp3) is 0.200. The maximum absolute atomic E-state index is 12.2. The SMILES string of the molecule is CCc1cccc(NC(=O)c2cccnc2SC)c1. The number of nitrogens with zero attached hydrogens (tertiary/aromatic N) is 1. The number of rotatable bonds is 4. The number of hydrogen-bond acceptors (Lipinski definition) is 3. The average molecular weight is 272 g/mol. The molecule has 3 nitrogen and oxygen atoms in total. The van der Waals surface area contributed by atoms with Gasteiger partial charge in [0.15, 0.2) is 0 Å². The number of aromatic nitrogens is 1. The molecule has 0 aliphatic rings. The van der Waals surface area contributed by atoms with Gasteiger partial charge in [0.1, 0.15) is 5.03 Å². The van der Waals surface area contributed by atoms with Crippen molar-refractivity contribution in [3.05, 3.63) is 53.7 Å². The lowest BCUT2D eigenvalue weighted by atomic mass is 10.1. The molecule has 1 N–H and O–H groups in total. The molecule has 2 aromatic rings. The number of anilines is 1. The smallest absolute Gasteiger partial charge is 0.258 e. The Morgan fingerprint density at radius 2 is 2.16 bits per heavy atom. The van der Waals surface area contributed by atoms with E-state index in [1.54, 1.807) is 18.3 Å². The van der Waals surface area contributed by atoms with Gasteiger partial charge in [-0.2, -0.15) is 0 Å². The summed E-state index contributed by atoms with van der Waals surface area (Å²) in [5, 5.41) is 3.66. The zero-order valence-electron chi connectivity index (χ0n) is 11.0. The maximum Gasteiger partial charge on any atom is 0.258 e. The second-order valence-corrected chi connectivity index (χ2v) is 4.86. The molecule has 0 saturated heterocycles. The van der Waals surface area contributed by atoms with E-state index in [4.69, 9.17) is 0 Å². The fourth-order valence-electron chi connectivity index (χ4n) is 1.79. The number of nitrogens with one attached hydrogen (secondary N) is 1. The predicted octanol–water partition coefficient (Wildman–Crippen LogP) is 3.62. The van der Waals surface area contributed by atoms with Gasteiger partial charge in [-0.25, -0.2) is 4.98 Å². The molecule has 1 aromatic carbocycles. The van der Waals surface area contributed by atoms with Gasteiger partial charge in [0, 0.05) is 11.9 Å². The summed E-state index contributed by atoms with van der Waals surface area (Å²) >= 11 is 1.47. The predicted molar refractivity (Wildman–Crippen MR) is 79.8 cm³/mol. The van der Waals surface area contributed by atoms with Crippen LogP contribution < -0.4 is 5.32 Å². The van der Waals surface area contributed by atoms with Crippen molar-refractivity contribution >= 4 is 23.4 Å². The van der Waals surface area contributed by atoms with Crippen molar-refractivity contribution in [3.8, 4) is 0 Å². The normalized spacial score (nSPS) is 10.2. The van der Waals surface area contributed by atoms with Gasteiger partial charge in [-0.3, -0.25) is 4.79 Å². The van der Waals surface area contributed by atoms with E-state index >= 15 is 0 Å². The molecule has 0 spiro atoms. The summed E-state index contributed by atoms with van der Waals surface area (Å²) in [4.78, 5) is 16.4. The van der Waals surface area contributed by atoms with Crippen LogP contribution >= 0.6 is 11.8 Å². The molecule has 2 rings (SSSR count). The Morgan fingerprint density at radius 1 is 1.32 bits per heavy atom. The molecule has 0 radical (unpaired) electrons. The first-order chi connectivity index (χ1) is 9.24. The molecule has 0 saturated carbocycles. The highest BCUT2D eigenvalue weighted by atomic mass is 32.2. The summed E-state index contributed by atoms with van der Waals surface area (Å²) < 4.78 is 0. The van der Waals surface area contributed by atoms with E-state index in [-0.39, 0.29) is 5.91 Å². The van der Waals surface area contributed by atoms with Gasteiger partial charge in [-0.15, -0.1) is 11.8 Å². The fourth-order valence-corrected chi connectivity index (χ4v) is 2.34. The van der Waals surface area contributed by atoms with Gasteiger partial charge in [0.2, 0.25) is 0 Å². The first-order valence-electron chi connectivity index (χ1n) is 6.14. The molecule has 0 aliphatic carbocycles. The molecule has 0 fully saturated rings. The van der Waals surface area contributed by atoms with E-state index < -0.39 is 0 Å². The number of benzene rings is 1. The van der Waals surface area contributed by atoms with Crippen molar-refractivity contribution in [2.24, 2.45) is 0 Å². The first-order valence-corrected chi connectivity index (χ1v) is 7.36. The standard InChI is InChI=1S/C15H16N2OS/c1-3-11-6-4-7-12(10-11)17-14(18)13-8-5-9-16-15(13)19-2/h4-10H,3H2,1-2H3,(H,17,18). The van der Waals surface area contributed by atoms with Gasteiger partial charge < -0.3 is 5.32 Å². The molecular weight excluding hydrogens is 256 g/mol. The lowest BCUT2D eigenvalue weighted by Crippen LogP contribution is -2.13. The zero-order chi connectivity index (χ0) is 13.7. The summed E-state index contributed by atoms with van der Waals surface area (Å²) in [7, 11) is 0. The molecule has 1 amide bonds. The molecule has 1 heterocycles. The topological polar surface area (TPSA) is 42.0 Å². The third-order valence-corrected chi connectivity index (χ3v) is 3.51. The summed E-state index contributed by atoms with van der Waals surface area (Å²) in [6.45, 7) is 2.09. The van der Waals surface area contributed by atoms with Crippen LogP contribution in [0.25, 0.3) is 0 Å². The van der Waals surface area contributed by atoms with Gasteiger partial charge in [-0.05, 0) is 42.5 Å². The van der Waals surface area contributed by atoms with Gasteiger partial charge in [0.25, 0.3) is 5.91 Å². The van der Waals surface area contributed by atoms with Crippen LogP contribution in [-0.2, 0) is 6.42 Å². The molecule has 19 heavy (non-hydrogen) atoms. The maximum atomic E-state index is 12.2. The van der Waals surface area contributed by atoms with E-state index in [0.29, 0.717) is 5.56 Å². The molecule has 0 unspecified atom stereocenters. The largest absolute Gasteiger partial charge is 0.322 e. The van der Waals surface area contributed by atoms with E-state index in [9.17, 15) is 4.79 Å². The Hall–Kier alpha value is -1.81. The third kappa shape index (κ3) is 3.35. The number of aryl methyl sites for hydroxylation is 1. The van der Waals surface area contributed by atoms with E-state index in [1.807, 2.05) is 30.5 Å². The van der Waals surface area contributed by atoms with E-state index in [2.05, 4.69) is 17.2 Å². The Bertz CT molecular complexity index is 584. The summed E-state index contributed by atoms with van der Waals surface area (Å²) in [5.74, 6) is -0.120. The quantitative estimate of drug-likeness (QED) is 0.864. The first kappa shape index (κ1) is 13.6. The minimum atomic E-state index is -0.120. The van der Waals surface area contributed by atoms with Crippen molar-refractivity contribution in [1.29, 1.82) is 0 Å². The molecular formula is C15H16N2OS. The van der Waals surface area contributed by atoms with Crippen LogP contribution in [0.1, 0.15) is 22.8 Å². The monoisotopic (exact) mass is 272 g/mol. The molecule has 1 aromatic heterocycles. The Morgan fingerprint density at radius 3 is 2.89 bits per heavy atom. The lowest BCUT2D eigenvalue weighted by Gasteiger charge is -2.08. The van der Waals surface area contributed by atoms with Crippen molar-refractivity contribution in [3.63, 3.8) is 0 Å². The lowest BCUT2D eigenvalue weighted by molar-refractivity contribution is 0.102. The van der Waals surface area contributed by atoms with Gasteiger partial charge in [0.05, 0.1) is 5.56 Å². The summed E-state index contributed by atoms with van der Waals surface area (Å²) in [6.07, 6.45) is 4.56. The highest BCUT2D eigenvalue weighted by Crippen LogP contribution is 2.19. The van der Waals surface area contributed by atoms with Crippen LogP contribution in [0.15, 0.2) is 47.6 Å². The minimum Gasteiger partial charge on any atom is -0.322 e. The van der Waals surface area contributed by atoms with E-state index in [1.165, 1.54) is 17.3 Å².